The summed E-state index contributed by atoms with van der Waals surface area (Å²) in [4.78, 5) is 37.5. The maximum atomic E-state index is 12.7. The Labute approximate surface area is 370 Å². The lowest BCUT2D eigenvalue weighted by molar-refractivity contribution is -0.870. The zero-order valence-electron chi connectivity index (χ0n) is 38.2. The maximum Gasteiger partial charge on any atom is 0.306 e. The second kappa shape index (κ2) is 40.4. The van der Waals surface area contributed by atoms with Crippen LogP contribution in [0.4, 0.5) is 0 Å². The smallest absolute Gasteiger partial charge is 0.306 e. The molecule has 0 aromatic rings. The molecule has 0 bridgehead atoms. The number of likely N-dealkylation sites (N-methyl/N-ethyl adjacent to an activating group) is 1. The zero-order valence-corrected chi connectivity index (χ0v) is 39.1. The number of aliphatic hydroxyl groups excluding tert-OH is 1. The first kappa shape index (κ1) is 57.4. The van der Waals surface area contributed by atoms with Crippen LogP contribution in [0.3, 0.4) is 0 Å². The summed E-state index contributed by atoms with van der Waals surface area (Å²) in [5.74, 6) is -1.04. The first-order valence-corrected chi connectivity index (χ1v) is 23.8. The third-order valence-electron chi connectivity index (χ3n) is 8.58. The van der Waals surface area contributed by atoms with Crippen molar-refractivity contribution in [1.29, 1.82) is 0 Å². The monoisotopic (exact) mass is 870 g/mol. The minimum absolute atomic E-state index is 0.0681. The van der Waals surface area contributed by atoms with E-state index in [-0.39, 0.29) is 32.2 Å². The van der Waals surface area contributed by atoms with Crippen LogP contribution in [0.1, 0.15) is 123 Å². The third-order valence-corrected chi connectivity index (χ3v) is 9.55. The van der Waals surface area contributed by atoms with Gasteiger partial charge in [-0.05, 0) is 77.0 Å². The summed E-state index contributed by atoms with van der Waals surface area (Å²) in [6, 6.07) is 0. The second-order valence-corrected chi connectivity index (χ2v) is 16.9. The Morgan fingerprint density at radius 3 is 1.69 bits per heavy atom. The molecule has 344 valence electrons. The summed E-state index contributed by atoms with van der Waals surface area (Å²) in [6.07, 6.45) is 52.9. The molecule has 0 aliphatic rings. The average Bonchev–Trinajstić information content (AvgIpc) is 3.21. The Morgan fingerprint density at radius 1 is 0.623 bits per heavy atom. The quantitative estimate of drug-likeness (QED) is 0.0161. The summed E-state index contributed by atoms with van der Waals surface area (Å²) in [6.45, 7) is 3.78. The number of aliphatic hydroxyl groups is 1. The summed E-state index contributed by atoms with van der Waals surface area (Å²) in [5, 5.41) is 9.91. The number of phosphoric acid groups is 1. The number of rotatable bonds is 38. The number of nitrogens with zero attached hydrogens (tertiary/aromatic N) is 1. The van der Waals surface area contributed by atoms with E-state index in [1.165, 1.54) is 0 Å². The normalized spacial score (nSPS) is 15.2. The lowest BCUT2D eigenvalue weighted by Crippen LogP contribution is -2.37. The minimum Gasteiger partial charge on any atom is -0.756 e. The zero-order chi connectivity index (χ0) is 45.1. The summed E-state index contributed by atoms with van der Waals surface area (Å²) >= 11 is 0. The van der Waals surface area contributed by atoms with E-state index in [1.54, 1.807) is 0 Å². The summed E-state index contributed by atoms with van der Waals surface area (Å²) < 4.78 is 33.7. The summed E-state index contributed by atoms with van der Waals surface area (Å²) in [7, 11) is 1.04. The highest BCUT2D eigenvalue weighted by atomic mass is 31.2. The van der Waals surface area contributed by atoms with E-state index in [9.17, 15) is 24.2 Å². The minimum atomic E-state index is -4.68. The fourth-order valence-corrected chi connectivity index (χ4v) is 5.80. The number of carbonyl (C=O) groups excluding carboxylic acids is 2. The van der Waals surface area contributed by atoms with Gasteiger partial charge in [-0.25, -0.2) is 0 Å². The van der Waals surface area contributed by atoms with Crippen LogP contribution in [0.15, 0.2) is 122 Å². The molecule has 11 heteroatoms. The topological polar surface area (TPSA) is 131 Å². The molecule has 0 aliphatic carbocycles. The standard InChI is InChI=1S/C50H80NO9P/c1-6-8-10-11-12-13-14-15-16-17-18-19-20-21-24-28-31-34-38-42-50(54)60-48(46-59-61(55,56)58-44-43-51(3,4)5)45-57-49(53)41-37-33-30-27-25-22-23-26-29-32-36-40-47(52)39-35-9-7-2/h8,10,12-13,15-16,18-19,21-24,27,29-32,34,36,40,47-48,52H,6-7,9,11,14,17,20,25-26,28,33,35,37-39,41-46H2,1-5H3/b10-8-,13-12-,16-15-,19-18-,23-22-,24-21-,30-27-,32-29-,34-31-,40-36+/t47-,48-/m1/s1. The van der Waals surface area contributed by atoms with Gasteiger partial charge >= 0.3 is 11.9 Å². The van der Waals surface area contributed by atoms with Crippen molar-refractivity contribution in [3.05, 3.63) is 122 Å². The molecule has 10 nitrogen and oxygen atoms in total. The highest BCUT2D eigenvalue weighted by Crippen LogP contribution is 2.38. The molecule has 0 amide bonds. The van der Waals surface area contributed by atoms with Gasteiger partial charge < -0.3 is 33.0 Å². The number of allylic oxidation sites excluding steroid dienone is 19. The van der Waals surface area contributed by atoms with E-state index in [1.807, 2.05) is 69.8 Å². The number of unbranched alkanes of at least 4 members (excludes halogenated alkanes) is 3. The number of phosphoric ester groups is 1. The van der Waals surface area contributed by atoms with Gasteiger partial charge in [0, 0.05) is 12.8 Å². The van der Waals surface area contributed by atoms with Crippen molar-refractivity contribution in [2.75, 3.05) is 47.5 Å². The largest absolute Gasteiger partial charge is 0.756 e. The van der Waals surface area contributed by atoms with Crippen LogP contribution in [0.5, 0.6) is 0 Å². The van der Waals surface area contributed by atoms with Crippen molar-refractivity contribution in [3.8, 4) is 0 Å². The Bertz CT molecular complexity index is 1460. The van der Waals surface area contributed by atoms with E-state index in [4.69, 9.17) is 18.5 Å². The van der Waals surface area contributed by atoms with Crippen molar-refractivity contribution >= 4 is 19.8 Å². The molecule has 0 rings (SSSR count). The van der Waals surface area contributed by atoms with Crippen LogP contribution in [-0.2, 0) is 32.7 Å². The molecule has 0 saturated heterocycles. The highest BCUT2D eigenvalue weighted by Gasteiger charge is 2.21. The number of hydrogen-bond acceptors (Lipinski definition) is 9. The number of esters is 2. The molecule has 0 aliphatic heterocycles. The van der Waals surface area contributed by atoms with Gasteiger partial charge in [-0.15, -0.1) is 0 Å². The van der Waals surface area contributed by atoms with Crippen molar-refractivity contribution in [3.63, 3.8) is 0 Å². The summed E-state index contributed by atoms with van der Waals surface area (Å²) in [5.41, 5.74) is 0. The lowest BCUT2D eigenvalue weighted by Gasteiger charge is -2.28. The molecule has 61 heavy (non-hydrogen) atoms. The predicted octanol–water partition coefficient (Wildman–Crippen LogP) is 11.2. The second-order valence-electron chi connectivity index (χ2n) is 15.5. The number of ether oxygens (including phenoxy) is 2. The molecular weight excluding hydrogens is 790 g/mol. The van der Waals surface area contributed by atoms with Crippen LogP contribution in [0.25, 0.3) is 0 Å². The Balaban J connectivity index is 4.64. The molecule has 0 saturated carbocycles. The molecule has 0 aromatic carbocycles. The fourth-order valence-electron chi connectivity index (χ4n) is 5.08. The average molecular weight is 870 g/mol. The van der Waals surface area contributed by atoms with Gasteiger partial charge in [-0.1, -0.05) is 155 Å². The highest BCUT2D eigenvalue weighted by molar-refractivity contribution is 7.45. The first-order valence-electron chi connectivity index (χ1n) is 22.4. The van der Waals surface area contributed by atoms with Crippen molar-refractivity contribution in [2.24, 2.45) is 0 Å². The molecule has 0 fully saturated rings. The van der Waals surface area contributed by atoms with E-state index < -0.39 is 32.5 Å². The van der Waals surface area contributed by atoms with Gasteiger partial charge in [0.05, 0.1) is 33.9 Å². The van der Waals surface area contributed by atoms with Gasteiger partial charge in [0.25, 0.3) is 7.82 Å². The van der Waals surface area contributed by atoms with E-state index in [0.717, 1.165) is 77.0 Å². The third kappa shape index (κ3) is 44.2. The van der Waals surface area contributed by atoms with Crippen LogP contribution >= 0.6 is 7.82 Å². The van der Waals surface area contributed by atoms with E-state index >= 15 is 0 Å². The van der Waals surface area contributed by atoms with Crippen LogP contribution in [0, 0.1) is 0 Å². The fraction of sp³-hybridized carbons (Fsp3) is 0.560. The number of hydrogen-bond donors (Lipinski definition) is 1. The lowest BCUT2D eigenvalue weighted by atomic mass is 10.1. The van der Waals surface area contributed by atoms with Gasteiger partial charge in [-0.3, -0.25) is 14.2 Å². The van der Waals surface area contributed by atoms with Gasteiger partial charge in [0.2, 0.25) is 0 Å². The molecule has 0 radical (unpaired) electrons. The van der Waals surface area contributed by atoms with E-state index in [0.29, 0.717) is 30.3 Å². The van der Waals surface area contributed by atoms with Gasteiger partial charge in [0.15, 0.2) is 6.10 Å². The number of carbonyl (C=O) groups is 2. The van der Waals surface area contributed by atoms with Crippen LogP contribution < -0.4 is 4.89 Å². The molecular formula is C50H80NO9P. The first-order chi connectivity index (χ1) is 29.4. The van der Waals surface area contributed by atoms with Gasteiger partial charge in [-0.2, -0.15) is 0 Å². The molecule has 0 heterocycles. The molecule has 1 N–H and O–H groups in total. The Kier molecular flexibility index (Phi) is 38.0. The van der Waals surface area contributed by atoms with Crippen molar-refractivity contribution in [2.45, 2.75) is 135 Å². The molecule has 0 spiro atoms. The Hall–Kier alpha value is -3.63. The van der Waals surface area contributed by atoms with Crippen LogP contribution in [0.2, 0.25) is 0 Å². The molecule has 0 aromatic heterocycles. The molecule has 1 unspecified atom stereocenters. The predicted molar refractivity (Wildman–Crippen MR) is 250 cm³/mol. The molecule has 3 atom stereocenters. The van der Waals surface area contributed by atoms with Crippen molar-refractivity contribution < 1.29 is 47.2 Å². The maximum absolute atomic E-state index is 12.7. The van der Waals surface area contributed by atoms with E-state index in [2.05, 4.69) is 86.8 Å². The van der Waals surface area contributed by atoms with Crippen molar-refractivity contribution in [1.82, 2.24) is 0 Å². The Morgan fingerprint density at radius 2 is 1.15 bits per heavy atom. The SMILES string of the molecule is CC/C=C\C/C=C\C/C=C\C/C=C\C/C=C\C/C=C\CCC(=O)O[C@H](COC(=O)CCC/C=C\C/C=C\C/C=C\C=C\[C@H](O)CCCCC)COP(=O)([O-])OCC[N+](C)(C)C. The van der Waals surface area contributed by atoms with Gasteiger partial charge in [0.1, 0.15) is 19.8 Å². The number of quaternary nitrogens is 1. The van der Waals surface area contributed by atoms with Crippen LogP contribution in [-0.4, -0.2) is 81.2 Å².